The van der Waals surface area contributed by atoms with E-state index in [1.165, 1.54) is 0 Å². The van der Waals surface area contributed by atoms with Gasteiger partial charge < -0.3 is 10.6 Å². The van der Waals surface area contributed by atoms with Crippen molar-refractivity contribution in [3.8, 4) is 0 Å². The van der Waals surface area contributed by atoms with E-state index in [1.54, 1.807) is 6.07 Å². The van der Waals surface area contributed by atoms with Crippen LogP contribution >= 0.6 is 23.2 Å². The van der Waals surface area contributed by atoms with Crippen LogP contribution in [0.4, 0.5) is 11.8 Å². The summed E-state index contributed by atoms with van der Waals surface area (Å²) >= 11 is 12.1. The summed E-state index contributed by atoms with van der Waals surface area (Å²) in [4.78, 5) is 8.82. The second-order valence-electron chi connectivity index (χ2n) is 5.43. The van der Waals surface area contributed by atoms with Gasteiger partial charge in [0.05, 0.1) is 0 Å². The van der Waals surface area contributed by atoms with Gasteiger partial charge >= 0.3 is 0 Å². The SMILES string of the molecule is Cc1cc(NCCc2ccc(Cl)cc2Cl)nc(NC(C)C)n1. The van der Waals surface area contributed by atoms with Crippen LogP contribution in [0.3, 0.4) is 0 Å². The maximum absolute atomic E-state index is 6.17. The molecule has 0 radical (unpaired) electrons. The van der Waals surface area contributed by atoms with Crippen molar-refractivity contribution in [3.05, 3.63) is 45.6 Å². The minimum absolute atomic E-state index is 0.294. The van der Waals surface area contributed by atoms with Gasteiger partial charge in [-0.2, -0.15) is 4.98 Å². The average Bonchev–Trinajstić information content (AvgIpc) is 2.40. The lowest BCUT2D eigenvalue weighted by Gasteiger charge is -2.12. The summed E-state index contributed by atoms with van der Waals surface area (Å²) in [6.07, 6.45) is 0.798. The Bertz CT molecular complexity index is 644. The van der Waals surface area contributed by atoms with Gasteiger partial charge in [-0.25, -0.2) is 4.98 Å². The third-order valence-electron chi connectivity index (χ3n) is 2.99. The van der Waals surface area contributed by atoms with E-state index in [0.717, 1.165) is 30.0 Å². The van der Waals surface area contributed by atoms with Crippen molar-refractivity contribution >= 4 is 35.0 Å². The highest BCUT2D eigenvalue weighted by Gasteiger charge is 2.05. The molecule has 0 amide bonds. The fraction of sp³-hybridized carbons (Fsp3) is 0.375. The number of hydrogen-bond acceptors (Lipinski definition) is 4. The van der Waals surface area contributed by atoms with Gasteiger partial charge in [0.15, 0.2) is 0 Å². The predicted octanol–water partition coefficient (Wildman–Crippen LogP) is 4.57. The number of anilines is 2. The second-order valence-corrected chi connectivity index (χ2v) is 6.27. The minimum Gasteiger partial charge on any atom is -0.370 e. The molecule has 4 nitrogen and oxygen atoms in total. The molecule has 0 fully saturated rings. The molecule has 0 atom stereocenters. The van der Waals surface area contributed by atoms with E-state index in [4.69, 9.17) is 23.2 Å². The minimum atomic E-state index is 0.294. The maximum Gasteiger partial charge on any atom is 0.225 e. The normalized spacial score (nSPS) is 10.8. The zero-order valence-electron chi connectivity index (χ0n) is 13.0. The highest BCUT2D eigenvalue weighted by Crippen LogP contribution is 2.21. The number of aryl methyl sites for hydroxylation is 1. The number of nitrogens with zero attached hydrogens (tertiary/aromatic N) is 2. The largest absolute Gasteiger partial charge is 0.370 e. The van der Waals surface area contributed by atoms with Crippen molar-refractivity contribution in [2.45, 2.75) is 33.2 Å². The number of halogens is 2. The second kappa shape index (κ2) is 7.65. The molecular weight excluding hydrogens is 319 g/mol. The summed E-state index contributed by atoms with van der Waals surface area (Å²) in [6, 6.07) is 7.78. The van der Waals surface area contributed by atoms with Gasteiger partial charge in [-0.1, -0.05) is 29.3 Å². The van der Waals surface area contributed by atoms with Crippen molar-refractivity contribution in [3.63, 3.8) is 0 Å². The Kier molecular flexibility index (Phi) is 5.86. The van der Waals surface area contributed by atoms with Crippen LogP contribution in [0.1, 0.15) is 25.1 Å². The van der Waals surface area contributed by atoms with E-state index in [-0.39, 0.29) is 0 Å². The van der Waals surface area contributed by atoms with Crippen molar-refractivity contribution in [2.24, 2.45) is 0 Å². The van der Waals surface area contributed by atoms with Crippen LogP contribution in [0.25, 0.3) is 0 Å². The highest BCUT2D eigenvalue weighted by atomic mass is 35.5. The van der Waals surface area contributed by atoms with Gasteiger partial charge in [0.25, 0.3) is 0 Å². The third kappa shape index (κ3) is 5.04. The molecule has 0 saturated heterocycles. The van der Waals surface area contributed by atoms with Crippen LogP contribution in [0.2, 0.25) is 10.0 Å². The molecule has 2 aromatic rings. The highest BCUT2D eigenvalue weighted by molar-refractivity contribution is 6.35. The van der Waals surface area contributed by atoms with E-state index in [1.807, 2.05) is 25.1 Å². The standard InChI is InChI=1S/C16H20Cl2N4/c1-10(2)20-16-21-11(3)8-15(22-16)19-7-6-12-4-5-13(17)9-14(12)18/h4-5,8-10H,6-7H2,1-3H3,(H2,19,20,21,22). The van der Waals surface area contributed by atoms with Crippen LogP contribution in [-0.4, -0.2) is 22.6 Å². The number of rotatable bonds is 6. The Morgan fingerprint density at radius 3 is 2.59 bits per heavy atom. The molecule has 1 aromatic carbocycles. The lowest BCUT2D eigenvalue weighted by atomic mass is 10.1. The molecule has 0 aliphatic carbocycles. The van der Waals surface area contributed by atoms with E-state index < -0.39 is 0 Å². The molecular formula is C16H20Cl2N4. The van der Waals surface area contributed by atoms with Crippen molar-refractivity contribution in [1.82, 2.24) is 9.97 Å². The first kappa shape index (κ1) is 16.8. The average molecular weight is 339 g/mol. The van der Waals surface area contributed by atoms with Crippen LogP contribution in [0.15, 0.2) is 24.3 Å². The zero-order valence-corrected chi connectivity index (χ0v) is 14.5. The molecule has 0 aliphatic rings. The maximum atomic E-state index is 6.17. The lowest BCUT2D eigenvalue weighted by Crippen LogP contribution is -2.14. The first-order chi connectivity index (χ1) is 10.4. The smallest absolute Gasteiger partial charge is 0.225 e. The van der Waals surface area contributed by atoms with Crippen molar-refractivity contribution in [2.75, 3.05) is 17.2 Å². The summed E-state index contributed by atoms with van der Waals surface area (Å²) in [5.74, 6) is 1.45. The Morgan fingerprint density at radius 2 is 1.91 bits per heavy atom. The quantitative estimate of drug-likeness (QED) is 0.810. The van der Waals surface area contributed by atoms with Crippen LogP contribution in [0.5, 0.6) is 0 Å². The third-order valence-corrected chi connectivity index (χ3v) is 3.57. The molecule has 118 valence electrons. The molecule has 22 heavy (non-hydrogen) atoms. The molecule has 1 heterocycles. The van der Waals surface area contributed by atoms with E-state index in [2.05, 4.69) is 34.4 Å². The first-order valence-corrected chi connectivity index (χ1v) is 7.99. The molecule has 0 unspecified atom stereocenters. The molecule has 0 bridgehead atoms. The summed E-state index contributed by atoms with van der Waals surface area (Å²) in [5, 5.41) is 7.86. The number of nitrogens with one attached hydrogen (secondary N) is 2. The Balaban J connectivity index is 1.97. The number of hydrogen-bond donors (Lipinski definition) is 2. The number of aromatic nitrogens is 2. The van der Waals surface area contributed by atoms with E-state index in [0.29, 0.717) is 22.0 Å². The zero-order chi connectivity index (χ0) is 16.1. The molecule has 0 aliphatic heterocycles. The van der Waals surface area contributed by atoms with Gasteiger partial charge in [-0.15, -0.1) is 0 Å². The number of benzene rings is 1. The molecule has 0 spiro atoms. The first-order valence-electron chi connectivity index (χ1n) is 7.24. The Morgan fingerprint density at radius 1 is 1.14 bits per heavy atom. The fourth-order valence-electron chi connectivity index (χ4n) is 2.03. The molecule has 0 saturated carbocycles. The fourth-order valence-corrected chi connectivity index (χ4v) is 2.53. The van der Waals surface area contributed by atoms with Gasteiger partial charge in [0, 0.05) is 34.4 Å². The van der Waals surface area contributed by atoms with Gasteiger partial charge in [-0.3, -0.25) is 0 Å². The van der Waals surface area contributed by atoms with Crippen LogP contribution in [0, 0.1) is 6.92 Å². The summed E-state index contributed by atoms with van der Waals surface area (Å²) in [5.41, 5.74) is 1.98. The Hall–Kier alpha value is -1.52. The van der Waals surface area contributed by atoms with Gasteiger partial charge in [0.2, 0.25) is 5.95 Å². The monoisotopic (exact) mass is 338 g/mol. The molecule has 1 aromatic heterocycles. The van der Waals surface area contributed by atoms with Gasteiger partial charge in [0.1, 0.15) is 5.82 Å². The summed E-state index contributed by atoms with van der Waals surface area (Å²) in [7, 11) is 0. The molecule has 2 N–H and O–H groups in total. The Labute approximate surface area is 141 Å². The molecule has 6 heteroatoms. The van der Waals surface area contributed by atoms with Crippen molar-refractivity contribution < 1.29 is 0 Å². The van der Waals surface area contributed by atoms with Crippen molar-refractivity contribution in [1.29, 1.82) is 0 Å². The topological polar surface area (TPSA) is 49.8 Å². The van der Waals surface area contributed by atoms with E-state index >= 15 is 0 Å². The lowest BCUT2D eigenvalue weighted by molar-refractivity contribution is 0.869. The summed E-state index contributed by atoms with van der Waals surface area (Å²) in [6.45, 7) is 6.80. The predicted molar refractivity (Wildman–Crippen MR) is 94.2 cm³/mol. The van der Waals surface area contributed by atoms with Gasteiger partial charge in [-0.05, 0) is 44.9 Å². The van der Waals surface area contributed by atoms with Crippen LogP contribution in [-0.2, 0) is 6.42 Å². The van der Waals surface area contributed by atoms with E-state index in [9.17, 15) is 0 Å². The van der Waals surface area contributed by atoms with Crippen LogP contribution < -0.4 is 10.6 Å². The molecule has 2 rings (SSSR count). The summed E-state index contributed by atoms with van der Waals surface area (Å²) < 4.78 is 0.